The smallest absolute Gasteiger partial charge is 0.261 e. The number of thiophene rings is 1. The van der Waals surface area contributed by atoms with Crippen molar-refractivity contribution in [2.75, 3.05) is 12.4 Å². The van der Waals surface area contributed by atoms with Crippen LogP contribution in [0.4, 0.5) is 5.69 Å². The summed E-state index contributed by atoms with van der Waals surface area (Å²) in [5.74, 6) is -1.07. The average molecular weight is 431 g/mol. The molecule has 4 heterocycles. The molecule has 1 aromatic carbocycles. The van der Waals surface area contributed by atoms with Gasteiger partial charge in [-0.05, 0) is 42.6 Å². The van der Waals surface area contributed by atoms with Gasteiger partial charge in [-0.25, -0.2) is 4.98 Å². The number of hydrogen-bond acceptors (Lipinski definition) is 6. The number of benzene rings is 1. The quantitative estimate of drug-likeness (QED) is 0.501. The fraction of sp³-hybridized carbons (Fsp3) is 0.136. The van der Waals surface area contributed by atoms with E-state index in [2.05, 4.69) is 10.4 Å². The maximum absolute atomic E-state index is 13.3. The molecule has 3 amide bonds. The third-order valence-corrected chi connectivity index (χ3v) is 6.23. The van der Waals surface area contributed by atoms with Crippen molar-refractivity contribution in [3.63, 3.8) is 0 Å². The first-order chi connectivity index (χ1) is 14.8. The monoisotopic (exact) mass is 431 g/mol. The summed E-state index contributed by atoms with van der Waals surface area (Å²) >= 11 is 1.54. The number of amides is 3. The summed E-state index contributed by atoms with van der Waals surface area (Å²) < 4.78 is 1.66. The minimum Gasteiger partial charge on any atom is -0.322 e. The average Bonchev–Trinajstić information content (AvgIpc) is 3.44. The number of hydrogen-bond donors (Lipinski definition) is 1. The lowest BCUT2D eigenvalue weighted by atomic mass is 10.1. The van der Waals surface area contributed by atoms with Gasteiger partial charge in [-0.2, -0.15) is 5.10 Å². The van der Waals surface area contributed by atoms with Crippen molar-refractivity contribution in [1.82, 2.24) is 19.7 Å². The standard InChI is InChI=1S/C22H17N5O3S/c1-11-18-15(10-16(17-5-4-8-31-17)24-19(18)27(3)25-11)20(28)23-12-6-7-13-14(9-12)22(30)26(2)21(13)29/h4-10H,1-3H3,(H,23,28). The maximum Gasteiger partial charge on any atom is 0.261 e. The van der Waals surface area contributed by atoms with E-state index in [-0.39, 0.29) is 23.3 Å². The second kappa shape index (κ2) is 6.85. The van der Waals surface area contributed by atoms with Crippen molar-refractivity contribution in [3.8, 4) is 10.6 Å². The second-order valence-corrected chi connectivity index (χ2v) is 8.27. The highest BCUT2D eigenvalue weighted by Crippen LogP contribution is 2.30. The molecule has 0 aliphatic carbocycles. The van der Waals surface area contributed by atoms with Crippen molar-refractivity contribution in [3.05, 3.63) is 64.2 Å². The number of pyridine rings is 1. The molecular weight excluding hydrogens is 414 g/mol. The van der Waals surface area contributed by atoms with Gasteiger partial charge in [0, 0.05) is 19.8 Å². The molecule has 8 nitrogen and oxygen atoms in total. The molecule has 1 aliphatic heterocycles. The van der Waals surface area contributed by atoms with Crippen LogP contribution in [0, 0.1) is 6.92 Å². The van der Waals surface area contributed by atoms with E-state index in [9.17, 15) is 14.4 Å². The lowest BCUT2D eigenvalue weighted by Gasteiger charge is -2.09. The van der Waals surface area contributed by atoms with E-state index in [1.807, 2.05) is 24.4 Å². The number of fused-ring (bicyclic) bond motifs is 2. The largest absolute Gasteiger partial charge is 0.322 e. The lowest BCUT2D eigenvalue weighted by Crippen LogP contribution is -2.24. The van der Waals surface area contributed by atoms with Crippen LogP contribution in [0.1, 0.15) is 36.8 Å². The highest BCUT2D eigenvalue weighted by Gasteiger charge is 2.33. The Morgan fingerprint density at radius 1 is 1.06 bits per heavy atom. The van der Waals surface area contributed by atoms with Gasteiger partial charge in [0.2, 0.25) is 0 Å². The van der Waals surface area contributed by atoms with E-state index in [1.165, 1.54) is 24.5 Å². The molecule has 0 bridgehead atoms. The number of carbonyl (C=O) groups is 3. The number of imide groups is 1. The van der Waals surface area contributed by atoms with Crippen molar-refractivity contribution in [2.24, 2.45) is 7.05 Å². The first-order valence-corrected chi connectivity index (χ1v) is 10.4. The van der Waals surface area contributed by atoms with E-state index >= 15 is 0 Å². The van der Waals surface area contributed by atoms with Crippen molar-refractivity contribution >= 4 is 45.8 Å². The zero-order valence-electron chi connectivity index (χ0n) is 17.0. The first kappa shape index (κ1) is 19.1. The highest BCUT2D eigenvalue weighted by molar-refractivity contribution is 7.13. The van der Waals surface area contributed by atoms with Gasteiger partial charge in [-0.3, -0.25) is 24.0 Å². The maximum atomic E-state index is 13.3. The number of rotatable bonds is 3. The number of aromatic nitrogens is 3. The highest BCUT2D eigenvalue weighted by atomic mass is 32.1. The second-order valence-electron chi connectivity index (χ2n) is 7.32. The summed E-state index contributed by atoms with van der Waals surface area (Å²) in [7, 11) is 3.23. The Labute approximate surface area is 181 Å². The summed E-state index contributed by atoms with van der Waals surface area (Å²) in [4.78, 5) is 44.4. The van der Waals surface area contributed by atoms with Gasteiger partial charge in [0.15, 0.2) is 5.65 Å². The summed E-state index contributed by atoms with van der Waals surface area (Å²) in [6, 6.07) is 10.3. The van der Waals surface area contributed by atoms with Crippen LogP contribution in [0.5, 0.6) is 0 Å². The molecule has 0 saturated carbocycles. The predicted octanol–water partition coefficient (Wildman–Crippen LogP) is 3.48. The number of anilines is 1. The van der Waals surface area contributed by atoms with E-state index in [0.717, 1.165) is 9.78 Å². The van der Waals surface area contributed by atoms with Crippen LogP contribution in [-0.2, 0) is 7.05 Å². The van der Waals surface area contributed by atoms with Crippen molar-refractivity contribution in [1.29, 1.82) is 0 Å². The Balaban J connectivity index is 1.58. The van der Waals surface area contributed by atoms with Crippen LogP contribution >= 0.6 is 11.3 Å². The van der Waals surface area contributed by atoms with E-state index in [0.29, 0.717) is 39.2 Å². The summed E-state index contributed by atoms with van der Waals surface area (Å²) in [5, 5.41) is 9.91. The van der Waals surface area contributed by atoms with Crippen LogP contribution in [0.2, 0.25) is 0 Å². The Hall–Kier alpha value is -3.85. The van der Waals surface area contributed by atoms with E-state index < -0.39 is 0 Å². The van der Waals surface area contributed by atoms with Crippen LogP contribution in [0.25, 0.3) is 21.6 Å². The van der Waals surface area contributed by atoms with E-state index in [4.69, 9.17) is 4.98 Å². The van der Waals surface area contributed by atoms with Gasteiger partial charge >= 0.3 is 0 Å². The molecule has 0 radical (unpaired) electrons. The number of nitrogens with one attached hydrogen (secondary N) is 1. The fourth-order valence-corrected chi connectivity index (χ4v) is 4.50. The fourth-order valence-electron chi connectivity index (χ4n) is 3.81. The molecule has 0 fully saturated rings. The molecule has 1 aliphatic rings. The van der Waals surface area contributed by atoms with Gasteiger partial charge in [-0.1, -0.05) is 6.07 Å². The molecule has 0 atom stereocenters. The molecule has 0 saturated heterocycles. The Kier molecular flexibility index (Phi) is 4.23. The Morgan fingerprint density at radius 3 is 2.58 bits per heavy atom. The zero-order valence-corrected chi connectivity index (χ0v) is 17.8. The SMILES string of the molecule is Cc1nn(C)c2nc(-c3cccs3)cc(C(=O)Nc3ccc4c(c3)C(=O)N(C)C4=O)c12. The first-order valence-electron chi connectivity index (χ1n) is 9.51. The van der Waals surface area contributed by atoms with Crippen LogP contribution in [-0.4, -0.2) is 44.4 Å². The Bertz CT molecular complexity index is 1400. The normalized spacial score (nSPS) is 13.2. The van der Waals surface area contributed by atoms with Gasteiger partial charge in [0.05, 0.1) is 38.3 Å². The molecule has 4 aromatic rings. The number of carbonyl (C=O) groups excluding carboxylic acids is 3. The van der Waals surface area contributed by atoms with Crippen molar-refractivity contribution in [2.45, 2.75) is 6.92 Å². The van der Waals surface area contributed by atoms with Crippen molar-refractivity contribution < 1.29 is 14.4 Å². The van der Waals surface area contributed by atoms with E-state index in [1.54, 1.807) is 29.9 Å². The molecule has 0 unspecified atom stereocenters. The lowest BCUT2D eigenvalue weighted by molar-refractivity contribution is 0.0692. The number of nitrogens with zero attached hydrogens (tertiary/aromatic N) is 4. The molecule has 9 heteroatoms. The van der Waals surface area contributed by atoms with Crippen LogP contribution in [0.3, 0.4) is 0 Å². The third kappa shape index (κ3) is 2.93. The molecule has 31 heavy (non-hydrogen) atoms. The van der Waals surface area contributed by atoms with Gasteiger partial charge in [-0.15, -0.1) is 11.3 Å². The molecule has 5 rings (SSSR count). The molecule has 1 N–H and O–H groups in total. The minimum atomic E-state index is -0.384. The summed E-state index contributed by atoms with van der Waals surface area (Å²) in [6.45, 7) is 1.83. The molecular formula is C22H17N5O3S. The Morgan fingerprint density at radius 2 is 1.84 bits per heavy atom. The topological polar surface area (TPSA) is 97.2 Å². The van der Waals surface area contributed by atoms with Gasteiger partial charge < -0.3 is 5.32 Å². The number of aryl methyl sites for hydroxylation is 2. The predicted molar refractivity (Wildman–Crippen MR) is 117 cm³/mol. The van der Waals surface area contributed by atoms with Gasteiger partial charge in [0.1, 0.15) is 0 Å². The summed E-state index contributed by atoms with van der Waals surface area (Å²) in [6.07, 6.45) is 0. The van der Waals surface area contributed by atoms with Gasteiger partial charge in [0.25, 0.3) is 17.7 Å². The van der Waals surface area contributed by atoms with Crippen LogP contribution in [0.15, 0.2) is 41.8 Å². The molecule has 3 aromatic heterocycles. The molecule has 0 spiro atoms. The molecule has 154 valence electrons. The third-order valence-electron chi connectivity index (χ3n) is 5.33. The minimum absolute atomic E-state index is 0.280. The zero-order chi connectivity index (χ0) is 21.9. The van der Waals surface area contributed by atoms with Crippen LogP contribution < -0.4 is 5.32 Å². The summed E-state index contributed by atoms with van der Waals surface area (Å²) in [5.41, 5.74) is 3.49.